The number of phenols is 1. The first kappa shape index (κ1) is 10.8. The lowest BCUT2D eigenvalue weighted by molar-refractivity contribution is -0.152. The van der Waals surface area contributed by atoms with Gasteiger partial charge < -0.3 is 14.6 Å². The van der Waals surface area contributed by atoms with E-state index >= 15 is 0 Å². The first-order valence-electron chi connectivity index (χ1n) is 5.36. The Labute approximate surface area is 93.8 Å². The number of ether oxygens (including phenoxy) is 2. The molecular weight excluding hydrogens is 208 g/mol. The molecule has 0 amide bonds. The molecule has 1 N–H and O–H groups in total. The van der Waals surface area contributed by atoms with E-state index in [9.17, 15) is 9.90 Å². The van der Waals surface area contributed by atoms with Crippen LogP contribution in [0.25, 0.3) is 0 Å². The Morgan fingerprint density at radius 2 is 2.44 bits per heavy atom. The molecule has 0 saturated heterocycles. The average Bonchev–Trinajstić information content (AvgIpc) is 2.28. The van der Waals surface area contributed by atoms with Gasteiger partial charge in [-0.25, -0.2) is 4.79 Å². The van der Waals surface area contributed by atoms with Gasteiger partial charge in [0.2, 0.25) is 0 Å². The second-order valence-corrected chi connectivity index (χ2v) is 3.69. The summed E-state index contributed by atoms with van der Waals surface area (Å²) >= 11 is 0. The van der Waals surface area contributed by atoms with Gasteiger partial charge in [0.15, 0.2) is 6.10 Å². The highest BCUT2D eigenvalue weighted by Gasteiger charge is 2.27. The van der Waals surface area contributed by atoms with Crippen LogP contribution in [-0.2, 0) is 16.0 Å². The summed E-state index contributed by atoms with van der Waals surface area (Å²) in [4.78, 5) is 11.5. The number of phenolic OH excluding ortho intramolecular Hbond substituents is 1. The van der Waals surface area contributed by atoms with Crippen molar-refractivity contribution in [3.63, 3.8) is 0 Å². The standard InChI is InChI=1S/C12H14O4/c1-2-15-12(14)10-6-4-8-3-5-9(13)7-11(8)16-10/h3,5,7,10,13H,2,4,6H2,1H3/t10-/m1/s1. The van der Waals surface area contributed by atoms with Gasteiger partial charge in [-0.1, -0.05) is 6.07 Å². The van der Waals surface area contributed by atoms with E-state index in [1.165, 1.54) is 6.07 Å². The molecule has 4 nitrogen and oxygen atoms in total. The number of aryl methyl sites for hydroxylation is 1. The Kier molecular flexibility index (Phi) is 2.99. The molecule has 1 heterocycles. The van der Waals surface area contributed by atoms with Crippen LogP contribution in [0.15, 0.2) is 18.2 Å². The van der Waals surface area contributed by atoms with Crippen LogP contribution in [0.5, 0.6) is 11.5 Å². The summed E-state index contributed by atoms with van der Waals surface area (Å²) in [5.74, 6) is 0.379. The lowest BCUT2D eigenvalue weighted by Gasteiger charge is -2.24. The normalized spacial score (nSPS) is 18.4. The molecular formula is C12H14O4. The first-order valence-corrected chi connectivity index (χ1v) is 5.36. The largest absolute Gasteiger partial charge is 0.508 e. The van der Waals surface area contributed by atoms with Gasteiger partial charge >= 0.3 is 5.97 Å². The van der Waals surface area contributed by atoms with Crippen molar-refractivity contribution in [1.29, 1.82) is 0 Å². The van der Waals surface area contributed by atoms with Gasteiger partial charge in [0.1, 0.15) is 11.5 Å². The van der Waals surface area contributed by atoms with Gasteiger partial charge in [-0.05, 0) is 31.4 Å². The summed E-state index contributed by atoms with van der Waals surface area (Å²) in [6.45, 7) is 2.12. The van der Waals surface area contributed by atoms with E-state index in [1.807, 2.05) is 6.07 Å². The maximum atomic E-state index is 11.5. The Hall–Kier alpha value is -1.71. The molecule has 1 aliphatic heterocycles. The quantitative estimate of drug-likeness (QED) is 0.773. The van der Waals surface area contributed by atoms with Gasteiger partial charge in [0.25, 0.3) is 0 Å². The Bertz CT molecular complexity index is 400. The highest BCUT2D eigenvalue weighted by atomic mass is 16.6. The second-order valence-electron chi connectivity index (χ2n) is 3.69. The molecule has 0 radical (unpaired) electrons. The fourth-order valence-electron chi connectivity index (χ4n) is 1.76. The molecule has 1 atom stereocenters. The molecule has 0 aromatic heterocycles. The van der Waals surface area contributed by atoms with Crippen LogP contribution in [0.3, 0.4) is 0 Å². The fourth-order valence-corrected chi connectivity index (χ4v) is 1.76. The summed E-state index contributed by atoms with van der Waals surface area (Å²) in [7, 11) is 0. The number of rotatable bonds is 2. The molecule has 0 saturated carbocycles. The van der Waals surface area contributed by atoms with Crippen LogP contribution in [-0.4, -0.2) is 23.8 Å². The SMILES string of the molecule is CCOC(=O)[C@H]1CCc2ccc(O)cc2O1. The zero-order valence-electron chi connectivity index (χ0n) is 9.10. The lowest BCUT2D eigenvalue weighted by Crippen LogP contribution is -2.32. The van der Waals surface area contributed by atoms with Crippen molar-refractivity contribution < 1.29 is 19.4 Å². The van der Waals surface area contributed by atoms with Gasteiger partial charge in [-0.3, -0.25) is 0 Å². The summed E-state index contributed by atoms with van der Waals surface area (Å²) < 4.78 is 10.4. The zero-order valence-corrected chi connectivity index (χ0v) is 9.10. The van der Waals surface area contributed by atoms with E-state index in [0.717, 1.165) is 12.0 Å². The Morgan fingerprint density at radius 3 is 3.19 bits per heavy atom. The summed E-state index contributed by atoms with van der Waals surface area (Å²) in [5.41, 5.74) is 1.01. The number of carbonyl (C=O) groups excluding carboxylic acids is 1. The highest BCUT2D eigenvalue weighted by molar-refractivity contribution is 5.75. The maximum Gasteiger partial charge on any atom is 0.347 e. The molecule has 0 aliphatic carbocycles. The number of hydrogen-bond acceptors (Lipinski definition) is 4. The van der Waals surface area contributed by atoms with E-state index in [4.69, 9.17) is 9.47 Å². The minimum Gasteiger partial charge on any atom is -0.508 e. The van der Waals surface area contributed by atoms with Crippen LogP contribution < -0.4 is 4.74 Å². The van der Waals surface area contributed by atoms with Crippen molar-refractivity contribution in [2.24, 2.45) is 0 Å². The third-order valence-electron chi connectivity index (χ3n) is 2.55. The number of carbonyl (C=O) groups is 1. The molecule has 4 heteroatoms. The number of fused-ring (bicyclic) bond motifs is 1. The van der Waals surface area contributed by atoms with E-state index in [2.05, 4.69) is 0 Å². The van der Waals surface area contributed by atoms with Crippen molar-refractivity contribution in [1.82, 2.24) is 0 Å². The smallest absolute Gasteiger partial charge is 0.347 e. The number of benzene rings is 1. The van der Waals surface area contributed by atoms with Crippen LogP contribution >= 0.6 is 0 Å². The molecule has 0 bridgehead atoms. The van der Waals surface area contributed by atoms with Crippen molar-refractivity contribution in [2.45, 2.75) is 25.9 Å². The van der Waals surface area contributed by atoms with E-state index in [1.54, 1.807) is 13.0 Å². The minimum atomic E-state index is -0.547. The molecule has 1 aromatic rings. The molecule has 0 unspecified atom stereocenters. The van der Waals surface area contributed by atoms with Crippen molar-refractivity contribution >= 4 is 5.97 Å². The third-order valence-corrected chi connectivity index (χ3v) is 2.55. The van der Waals surface area contributed by atoms with Gasteiger partial charge in [0, 0.05) is 6.07 Å². The molecule has 1 aliphatic rings. The van der Waals surface area contributed by atoms with Crippen LogP contribution in [0.4, 0.5) is 0 Å². The van der Waals surface area contributed by atoms with Gasteiger partial charge in [0.05, 0.1) is 6.61 Å². The van der Waals surface area contributed by atoms with E-state index < -0.39 is 6.10 Å². The molecule has 1 aromatic carbocycles. The first-order chi connectivity index (χ1) is 7.70. The molecule has 2 rings (SSSR count). The second kappa shape index (κ2) is 4.43. The zero-order chi connectivity index (χ0) is 11.5. The molecule has 0 spiro atoms. The van der Waals surface area contributed by atoms with Crippen molar-refractivity contribution in [3.8, 4) is 11.5 Å². The lowest BCUT2D eigenvalue weighted by atomic mass is 10.0. The molecule has 86 valence electrons. The topological polar surface area (TPSA) is 55.8 Å². The third kappa shape index (κ3) is 2.10. The maximum absolute atomic E-state index is 11.5. The van der Waals surface area contributed by atoms with E-state index in [0.29, 0.717) is 18.8 Å². The summed E-state index contributed by atoms with van der Waals surface area (Å²) in [6, 6.07) is 4.96. The summed E-state index contributed by atoms with van der Waals surface area (Å²) in [6.07, 6.45) is 0.838. The van der Waals surface area contributed by atoms with Crippen molar-refractivity contribution in [2.75, 3.05) is 6.61 Å². The molecule has 16 heavy (non-hydrogen) atoms. The minimum absolute atomic E-state index is 0.142. The Balaban J connectivity index is 2.13. The summed E-state index contributed by atoms with van der Waals surface area (Å²) in [5, 5.41) is 9.32. The number of hydrogen-bond donors (Lipinski definition) is 1. The fraction of sp³-hybridized carbons (Fsp3) is 0.417. The van der Waals surface area contributed by atoms with Gasteiger partial charge in [-0.15, -0.1) is 0 Å². The van der Waals surface area contributed by atoms with Gasteiger partial charge in [-0.2, -0.15) is 0 Å². The Morgan fingerprint density at radius 1 is 1.62 bits per heavy atom. The average molecular weight is 222 g/mol. The monoisotopic (exact) mass is 222 g/mol. The molecule has 0 fully saturated rings. The number of aromatic hydroxyl groups is 1. The number of esters is 1. The van der Waals surface area contributed by atoms with Crippen LogP contribution in [0.2, 0.25) is 0 Å². The highest BCUT2D eigenvalue weighted by Crippen LogP contribution is 2.31. The van der Waals surface area contributed by atoms with Crippen molar-refractivity contribution in [3.05, 3.63) is 23.8 Å². The van der Waals surface area contributed by atoms with E-state index in [-0.39, 0.29) is 11.7 Å². The predicted octanol–water partition coefficient (Wildman–Crippen LogP) is 1.65. The van der Waals surface area contributed by atoms with Crippen LogP contribution in [0, 0.1) is 0 Å². The predicted molar refractivity (Wildman–Crippen MR) is 57.5 cm³/mol. The van der Waals surface area contributed by atoms with Crippen LogP contribution in [0.1, 0.15) is 18.9 Å².